The summed E-state index contributed by atoms with van der Waals surface area (Å²) in [6.07, 6.45) is 4.94. The summed E-state index contributed by atoms with van der Waals surface area (Å²) in [7, 11) is -2.10. The number of nitrogens with zero attached hydrogens (tertiary/aromatic N) is 5. The van der Waals surface area contributed by atoms with Crippen molar-refractivity contribution in [2.75, 3.05) is 18.1 Å². The highest BCUT2D eigenvalue weighted by molar-refractivity contribution is 7.99. The second-order valence-corrected chi connectivity index (χ2v) is 11.2. The van der Waals surface area contributed by atoms with E-state index in [9.17, 15) is 13.2 Å². The zero-order chi connectivity index (χ0) is 23.6. The molecule has 33 heavy (non-hydrogen) atoms. The molecule has 0 saturated heterocycles. The van der Waals surface area contributed by atoms with Crippen molar-refractivity contribution in [3.05, 3.63) is 41.9 Å². The first-order valence-corrected chi connectivity index (χ1v) is 13.4. The predicted molar refractivity (Wildman–Crippen MR) is 128 cm³/mol. The van der Waals surface area contributed by atoms with E-state index < -0.39 is 10.0 Å². The first kappa shape index (κ1) is 23.7. The molecule has 176 valence electrons. The van der Waals surface area contributed by atoms with E-state index in [0.717, 1.165) is 43.6 Å². The Morgan fingerprint density at radius 1 is 1.18 bits per heavy atom. The van der Waals surface area contributed by atoms with Crippen molar-refractivity contribution in [2.45, 2.75) is 62.0 Å². The van der Waals surface area contributed by atoms with E-state index in [1.807, 2.05) is 19.9 Å². The van der Waals surface area contributed by atoms with Crippen LogP contribution in [0.2, 0.25) is 0 Å². The van der Waals surface area contributed by atoms with Gasteiger partial charge in [-0.2, -0.15) is 4.31 Å². The third-order valence-electron chi connectivity index (χ3n) is 5.90. The minimum Gasteiger partial charge on any atom is -0.324 e. The number of anilines is 1. The molecule has 4 rings (SSSR count). The fourth-order valence-electron chi connectivity index (χ4n) is 4.20. The van der Waals surface area contributed by atoms with Gasteiger partial charge in [-0.1, -0.05) is 43.2 Å². The summed E-state index contributed by atoms with van der Waals surface area (Å²) in [4.78, 5) is 17.3. The summed E-state index contributed by atoms with van der Waals surface area (Å²) in [5.74, 6) is 0.471. The second kappa shape index (κ2) is 9.78. The number of para-hydroxylation sites is 1. The van der Waals surface area contributed by atoms with Gasteiger partial charge in [-0.05, 0) is 38.8 Å². The van der Waals surface area contributed by atoms with Gasteiger partial charge in [0.05, 0.1) is 11.4 Å². The van der Waals surface area contributed by atoms with Crippen LogP contribution in [-0.4, -0.2) is 57.1 Å². The Bertz CT molecular complexity index is 1270. The third kappa shape index (κ3) is 5.04. The SMILES string of the molecule is Cc1cc2nnc(SCC(=O)Nc3ccccc3S(=O)(=O)N(C)C3CCCCC3)n2c(C)n1. The van der Waals surface area contributed by atoms with Crippen molar-refractivity contribution >= 4 is 39.0 Å². The van der Waals surface area contributed by atoms with Crippen LogP contribution < -0.4 is 5.32 Å². The lowest BCUT2D eigenvalue weighted by Crippen LogP contribution is -2.38. The number of aromatic nitrogens is 4. The fraction of sp³-hybridized carbons (Fsp3) is 0.455. The van der Waals surface area contributed by atoms with E-state index in [1.165, 1.54) is 16.1 Å². The van der Waals surface area contributed by atoms with E-state index in [0.29, 0.717) is 10.8 Å². The molecule has 1 N–H and O–H groups in total. The molecule has 1 aliphatic carbocycles. The van der Waals surface area contributed by atoms with Gasteiger partial charge in [0.25, 0.3) is 0 Å². The van der Waals surface area contributed by atoms with E-state index in [-0.39, 0.29) is 28.3 Å². The number of sulfonamides is 1. The average Bonchev–Trinajstić information content (AvgIpc) is 3.21. The number of hydrogen-bond donors (Lipinski definition) is 1. The lowest BCUT2D eigenvalue weighted by atomic mass is 9.96. The van der Waals surface area contributed by atoms with E-state index in [2.05, 4.69) is 20.5 Å². The molecule has 0 bridgehead atoms. The molecule has 11 heteroatoms. The molecular weight excluding hydrogens is 460 g/mol. The molecule has 2 heterocycles. The average molecular weight is 489 g/mol. The monoisotopic (exact) mass is 488 g/mol. The number of benzene rings is 1. The molecule has 1 saturated carbocycles. The lowest BCUT2D eigenvalue weighted by molar-refractivity contribution is -0.113. The van der Waals surface area contributed by atoms with E-state index >= 15 is 0 Å². The van der Waals surface area contributed by atoms with Crippen molar-refractivity contribution in [1.29, 1.82) is 0 Å². The molecule has 0 spiro atoms. The Hall–Kier alpha value is -2.50. The van der Waals surface area contributed by atoms with Crippen molar-refractivity contribution in [3.8, 4) is 0 Å². The quantitative estimate of drug-likeness (QED) is 0.508. The van der Waals surface area contributed by atoms with Gasteiger partial charge in [0.2, 0.25) is 15.9 Å². The van der Waals surface area contributed by atoms with Gasteiger partial charge < -0.3 is 5.32 Å². The first-order valence-electron chi connectivity index (χ1n) is 11.0. The second-order valence-electron chi connectivity index (χ2n) is 8.27. The molecule has 3 aromatic rings. The molecular formula is C22H28N6O3S2. The van der Waals surface area contributed by atoms with Crippen LogP contribution in [0.1, 0.15) is 43.6 Å². The predicted octanol–water partition coefficient (Wildman–Crippen LogP) is 3.43. The molecule has 0 radical (unpaired) electrons. The molecule has 1 aliphatic rings. The van der Waals surface area contributed by atoms with Crippen LogP contribution in [0, 0.1) is 13.8 Å². The largest absolute Gasteiger partial charge is 0.324 e. The highest BCUT2D eigenvalue weighted by Crippen LogP contribution is 2.30. The summed E-state index contributed by atoms with van der Waals surface area (Å²) in [6.45, 7) is 3.75. The molecule has 0 unspecified atom stereocenters. The van der Waals surface area contributed by atoms with Gasteiger partial charge in [0.1, 0.15) is 10.7 Å². The third-order valence-corrected chi connectivity index (χ3v) is 8.79. The van der Waals surface area contributed by atoms with Gasteiger partial charge in [-0.15, -0.1) is 10.2 Å². The Labute approximate surface area is 198 Å². The zero-order valence-corrected chi connectivity index (χ0v) is 20.6. The molecule has 1 amide bonds. The van der Waals surface area contributed by atoms with E-state index in [4.69, 9.17) is 0 Å². The number of hydrogen-bond acceptors (Lipinski definition) is 7. The minimum atomic E-state index is -3.73. The number of amides is 1. The molecule has 9 nitrogen and oxygen atoms in total. The summed E-state index contributed by atoms with van der Waals surface area (Å²) in [6, 6.07) is 8.37. The van der Waals surface area contributed by atoms with Crippen LogP contribution in [0.3, 0.4) is 0 Å². The number of nitrogens with one attached hydrogen (secondary N) is 1. The molecule has 0 aliphatic heterocycles. The van der Waals surface area contributed by atoms with Crippen LogP contribution in [0.25, 0.3) is 5.65 Å². The molecule has 2 aromatic heterocycles. The van der Waals surface area contributed by atoms with Crippen LogP contribution in [0.5, 0.6) is 0 Å². The number of carbonyl (C=O) groups is 1. The van der Waals surface area contributed by atoms with Crippen LogP contribution >= 0.6 is 11.8 Å². The highest BCUT2D eigenvalue weighted by atomic mass is 32.2. The maximum atomic E-state index is 13.3. The van der Waals surface area contributed by atoms with Gasteiger partial charge in [0.15, 0.2) is 10.8 Å². The first-order chi connectivity index (χ1) is 15.8. The van der Waals surface area contributed by atoms with Gasteiger partial charge in [-0.25, -0.2) is 13.4 Å². The summed E-state index contributed by atoms with van der Waals surface area (Å²) in [5, 5.41) is 11.6. The fourth-order valence-corrected chi connectivity index (χ4v) is 6.55. The van der Waals surface area contributed by atoms with Gasteiger partial charge in [0, 0.05) is 24.8 Å². The maximum absolute atomic E-state index is 13.3. The van der Waals surface area contributed by atoms with Crippen LogP contribution in [0.4, 0.5) is 5.69 Å². The summed E-state index contributed by atoms with van der Waals surface area (Å²) in [5.41, 5.74) is 1.80. The van der Waals surface area contributed by atoms with Gasteiger partial charge in [-0.3, -0.25) is 9.20 Å². The summed E-state index contributed by atoms with van der Waals surface area (Å²) >= 11 is 1.22. The minimum absolute atomic E-state index is 0.00947. The van der Waals surface area contributed by atoms with Crippen molar-refractivity contribution in [3.63, 3.8) is 0 Å². The van der Waals surface area contributed by atoms with Crippen molar-refractivity contribution < 1.29 is 13.2 Å². The topological polar surface area (TPSA) is 110 Å². The summed E-state index contributed by atoms with van der Waals surface area (Å²) < 4.78 is 29.9. The standard InChI is InChI=1S/C22H28N6O3S2/c1-15-13-20-25-26-22(28(20)16(2)23-15)32-14-21(29)24-18-11-7-8-12-19(18)33(30,31)27(3)17-9-5-4-6-10-17/h7-8,11-13,17H,4-6,9-10,14H2,1-3H3,(H,24,29). The smallest absolute Gasteiger partial charge is 0.245 e. The Kier molecular flexibility index (Phi) is 7.01. The normalized spacial score (nSPS) is 15.3. The van der Waals surface area contributed by atoms with Crippen molar-refractivity contribution in [2.24, 2.45) is 0 Å². The number of aryl methyl sites for hydroxylation is 2. The van der Waals surface area contributed by atoms with Crippen LogP contribution in [-0.2, 0) is 14.8 Å². The number of fused-ring (bicyclic) bond motifs is 1. The number of carbonyl (C=O) groups excluding carboxylic acids is 1. The maximum Gasteiger partial charge on any atom is 0.245 e. The Balaban J connectivity index is 1.48. The van der Waals surface area contributed by atoms with Gasteiger partial charge >= 0.3 is 0 Å². The molecule has 1 aromatic carbocycles. The molecule has 0 atom stereocenters. The number of rotatable bonds is 7. The van der Waals surface area contributed by atoms with E-state index in [1.54, 1.807) is 35.7 Å². The Morgan fingerprint density at radius 2 is 1.91 bits per heavy atom. The van der Waals surface area contributed by atoms with Crippen LogP contribution in [0.15, 0.2) is 40.4 Å². The lowest BCUT2D eigenvalue weighted by Gasteiger charge is -2.30. The number of thioether (sulfide) groups is 1. The molecule has 1 fully saturated rings. The van der Waals surface area contributed by atoms with Crippen molar-refractivity contribution in [1.82, 2.24) is 23.9 Å². The Morgan fingerprint density at radius 3 is 2.67 bits per heavy atom. The zero-order valence-electron chi connectivity index (χ0n) is 19.0. The highest BCUT2D eigenvalue weighted by Gasteiger charge is 2.31.